The van der Waals surface area contributed by atoms with Gasteiger partial charge in [0.25, 0.3) is 0 Å². The van der Waals surface area contributed by atoms with Crippen LogP contribution in [0.5, 0.6) is 0 Å². The van der Waals surface area contributed by atoms with E-state index in [0.29, 0.717) is 6.42 Å². The van der Waals surface area contributed by atoms with Gasteiger partial charge in [0.05, 0.1) is 6.04 Å². The lowest BCUT2D eigenvalue weighted by Gasteiger charge is -2.49. The van der Waals surface area contributed by atoms with E-state index in [1.54, 1.807) is 0 Å². The van der Waals surface area contributed by atoms with Gasteiger partial charge in [-0.15, -0.1) is 0 Å². The van der Waals surface area contributed by atoms with Gasteiger partial charge in [0.2, 0.25) is 5.91 Å². The van der Waals surface area contributed by atoms with Crippen LogP contribution in [0.3, 0.4) is 0 Å². The number of hydrogen-bond acceptors (Lipinski definition) is 4. The Morgan fingerprint density at radius 3 is 2.27 bits per heavy atom. The zero-order valence-corrected chi connectivity index (χ0v) is 18.5. The molecule has 0 saturated carbocycles. The van der Waals surface area contributed by atoms with Crippen molar-refractivity contribution >= 4 is 5.91 Å². The molecule has 5 heteroatoms. The largest absolute Gasteiger partial charge is 0.340 e. The van der Waals surface area contributed by atoms with Crippen molar-refractivity contribution in [3.63, 3.8) is 0 Å². The Hall–Kier alpha value is -2.21. The topological polar surface area (TPSA) is 38.8 Å². The second-order valence-corrected chi connectivity index (χ2v) is 8.44. The van der Waals surface area contributed by atoms with E-state index in [1.165, 1.54) is 22.3 Å². The first kappa shape index (κ1) is 21.0. The molecule has 2 aromatic rings. The number of piperazine rings is 1. The molecule has 2 atom stereocenters. The minimum absolute atomic E-state index is 0.160. The Bertz CT molecular complexity index is 858. The Kier molecular flexibility index (Phi) is 6.52. The van der Waals surface area contributed by atoms with Crippen LogP contribution in [-0.2, 0) is 4.79 Å². The van der Waals surface area contributed by atoms with Crippen molar-refractivity contribution in [1.82, 2.24) is 20.2 Å². The number of aryl methyl sites for hydroxylation is 1. The molecule has 0 bridgehead atoms. The van der Waals surface area contributed by atoms with Gasteiger partial charge in [0.15, 0.2) is 0 Å². The van der Waals surface area contributed by atoms with Crippen molar-refractivity contribution in [3.05, 3.63) is 70.8 Å². The number of benzene rings is 2. The van der Waals surface area contributed by atoms with Gasteiger partial charge in [0.1, 0.15) is 6.17 Å². The van der Waals surface area contributed by atoms with Gasteiger partial charge < -0.3 is 4.90 Å². The van der Waals surface area contributed by atoms with E-state index in [9.17, 15) is 4.79 Å². The zero-order chi connectivity index (χ0) is 21.1. The molecule has 2 heterocycles. The summed E-state index contributed by atoms with van der Waals surface area (Å²) >= 11 is 0. The molecule has 0 spiro atoms. The lowest BCUT2D eigenvalue weighted by molar-refractivity contribution is -0.134. The third kappa shape index (κ3) is 4.15. The molecular weight excluding hydrogens is 372 g/mol. The van der Waals surface area contributed by atoms with Crippen molar-refractivity contribution in [2.24, 2.45) is 0 Å². The Labute approximate surface area is 180 Å². The summed E-state index contributed by atoms with van der Waals surface area (Å²) in [6.45, 7) is 10.7. The van der Waals surface area contributed by atoms with E-state index < -0.39 is 0 Å². The summed E-state index contributed by atoms with van der Waals surface area (Å²) in [5, 5.41) is 2.42. The van der Waals surface area contributed by atoms with Crippen molar-refractivity contribution in [2.75, 3.05) is 32.7 Å². The van der Waals surface area contributed by atoms with Crippen LogP contribution < -0.4 is 5.43 Å². The lowest BCUT2D eigenvalue weighted by Crippen LogP contribution is -2.58. The van der Waals surface area contributed by atoms with E-state index >= 15 is 0 Å². The number of fused-ring (bicyclic) bond motifs is 1. The summed E-state index contributed by atoms with van der Waals surface area (Å²) in [5.74, 6) is 0.265. The second kappa shape index (κ2) is 9.29. The van der Waals surface area contributed by atoms with Crippen molar-refractivity contribution < 1.29 is 4.79 Å². The van der Waals surface area contributed by atoms with Gasteiger partial charge in [-0.1, -0.05) is 67.9 Å². The summed E-state index contributed by atoms with van der Waals surface area (Å²) in [4.78, 5) is 16.7. The molecule has 160 valence electrons. The second-order valence-electron chi connectivity index (χ2n) is 8.44. The fourth-order valence-electron chi connectivity index (χ4n) is 4.76. The number of carbonyl (C=O) groups is 1. The first-order valence-corrected chi connectivity index (χ1v) is 11.3. The third-order valence-electron chi connectivity index (χ3n) is 6.37. The molecule has 1 saturated heterocycles. The van der Waals surface area contributed by atoms with E-state index in [4.69, 9.17) is 0 Å². The van der Waals surface area contributed by atoms with Crippen LogP contribution in [0.25, 0.3) is 0 Å². The van der Waals surface area contributed by atoms with Gasteiger partial charge in [-0.05, 0) is 30.0 Å². The van der Waals surface area contributed by atoms with E-state index in [-0.39, 0.29) is 18.1 Å². The summed E-state index contributed by atoms with van der Waals surface area (Å²) in [6.07, 6.45) is 1.87. The highest BCUT2D eigenvalue weighted by Crippen LogP contribution is 2.38. The molecule has 0 aromatic heterocycles. The number of amides is 1. The Morgan fingerprint density at radius 2 is 1.63 bits per heavy atom. The summed E-state index contributed by atoms with van der Waals surface area (Å²) < 4.78 is 0. The number of nitrogens with zero attached hydrogens (tertiary/aromatic N) is 3. The molecule has 1 N–H and O–H groups in total. The highest BCUT2D eigenvalue weighted by molar-refractivity contribution is 5.75. The van der Waals surface area contributed by atoms with Crippen molar-refractivity contribution in [2.45, 2.75) is 45.8 Å². The minimum Gasteiger partial charge on any atom is -0.340 e. The SMILES string of the molecule is CCCN1NC(c2ccc(C)cc2)c2ccccc2C1N1CCN(C(=O)CC)CC1. The van der Waals surface area contributed by atoms with Gasteiger partial charge >= 0.3 is 0 Å². The molecule has 2 aromatic carbocycles. The van der Waals surface area contributed by atoms with Crippen LogP contribution >= 0.6 is 0 Å². The number of hydrazine groups is 1. The maximum absolute atomic E-state index is 12.1. The van der Waals surface area contributed by atoms with Gasteiger partial charge in [0, 0.05) is 39.1 Å². The van der Waals surface area contributed by atoms with Crippen LogP contribution in [0, 0.1) is 6.92 Å². The lowest BCUT2D eigenvalue weighted by atomic mass is 9.90. The molecule has 1 amide bonds. The number of hydrogen-bond donors (Lipinski definition) is 1. The number of nitrogens with one attached hydrogen (secondary N) is 1. The normalized spacial score (nSPS) is 22.7. The predicted octanol–water partition coefficient (Wildman–Crippen LogP) is 3.87. The minimum atomic E-state index is 0.160. The quantitative estimate of drug-likeness (QED) is 0.818. The molecule has 30 heavy (non-hydrogen) atoms. The van der Waals surface area contributed by atoms with Crippen molar-refractivity contribution in [1.29, 1.82) is 0 Å². The average molecular weight is 407 g/mol. The van der Waals surface area contributed by atoms with E-state index in [1.807, 2.05) is 11.8 Å². The molecule has 2 unspecified atom stereocenters. The Morgan fingerprint density at radius 1 is 0.967 bits per heavy atom. The van der Waals surface area contributed by atoms with Gasteiger partial charge in [-0.25, -0.2) is 10.4 Å². The first-order valence-electron chi connectivity index (χ1n) is 11.3. The van der Waals surface area contributed by atoms with Gasteiger partial charge in [-0.3, -0.25) is 9.69 Å². The van der Waals surface area contributed by atoms with Gasteiger partial charge in [-0.2, -0.15) is 0 Å². The van der Waals surface area contributed by atoms with Crippen LogP contribution in [0.15, 0.2) is 48.5 Å². The molecule has 0 radical (unpaired) electrons. The molecule has 2 aliphatic rings. The molecular formula is C25H34N4O. The predicted molar refractivity (Wildman–Crippen MR) is 121 cm³/mol. The number of carbonyl (C=O) groups excluding carboxylic acids is 1. The highest BCUT2D eigenvalue weighted by Gasteiger charge is 2.37. The van der Waals surface area contributed by atoms with Crippen LogP contribution in [0.2, 0.25) is 0 Å². The van der Waals surface area contributed by atoms with Crippen LogP contribution in [0.4, 0.5) is 0 Å². The monoisotopic (exact) mass is 406 g/mol. The molecule has 4 rings (SSSR count). The molecule has 2 aliphatic heterocycles. The van der Waals surface area contributed by atoms with Crippen LogP contribution in [0.1, 0.15) is 61.2 Å². The van der Waals surface area contributed by atoms with E-state index in [0.717, 1.165) is 39.1 Å². The molecule has 0 aliphatic carbocycles. The average Bonchev–Trinajstić information content (AvgIpc) is 2.79. The summed E-state index contributed by atoms with van der Waals surface area (Å²) in [5.41, 5.74) is 9.16. The standard InChI is InChI=1S/C25H34N4O/c1-4-14-29-25(28-17-15-27(16-18-28)23(30)5-2)22-9-7-6-8-21(22)24(26-29)20-12-10-19(3)11-13-20/h6-13,24-26H,4-5,14-18H2,1-3H3. The van der Waals surface area contributed by atoms with E-state index in [2.05, 4.69) is 77.7 Å². The summed E-state index contributed by atoms with van der Waals surface area (Å²) in [7, 11) is 0. The highest BCUT2D eigenvalue weighted by atomic mass is 16.2. The Balaban J connectivity index is 1.65. The third-order valence-corrected chi connectivity index (χ3v) is 6.37. The maximum Gasteiger partial charge on any atom is 0.222 e. The first-order chi connectivity index (χ1) is 14.6. The molecule has 5 nitrogen and oxygen atoms in total. The number of rotatable bonds is 5. The smallest absolute Gasteiger partial charge is 0.222 e. The fourth-order valence-corrected chi connectivity index (χ4v) is 4.76. The maximum atomic E-state index is 12.1. The van der Waals surface area contributed by atoms with Crippen LogP contribution in [-0.4, -0.2) is 53.4 Å². The zero-order valence-electron chi connectivity index (χ0n) is 18.5. The fraction of sp³-hybridized carbons (Fsp3) is 0.480. The summed E-state index contributed by atoms with van der Waals surface area (Å²) in [6, 6.07) is 17.9. The molecule has 1 fully saturated rings. The van der Waals surface area contributed by atoms with Crippen molar-refractivity contribution in [3.8, 4) is 0 Å².